The van der Waals surface area contributed by atoms with Crippen molar-refractivity contribution >= 4 is 27.5 Å². The molecule has 1 saturated heterocycles. The molecule has 0 aromatic rings. The van der Waals surface area contributed by atoms with E-state index >= 15 is 0 Å². The lowest BCUT2D eigenvalue weighted by atomic mass is 9.33. The number of carboxylic acid groups (broad SMARTS) is 1. The second kappa shape index (κ2) is 13.7. The smallest absolute Gasteiger partial charge is 0.306 e. The van der Waals surface area contributed by atoms with Gasteiger partial charge in [0.05, 0.1) is 16.6 Å². The number of nitrogens with one attached hydrogen (secondary N) is 1. The van der Waals surface area contributed by atoms with Crippen LogP contribution in [-0.2, 0) is 24.2 Å². The van der Waals surface area contributed by atoms with Crippen molar-refractivity contribution in [3.8, 4) is 0 Å². The first-order valence-corrected chi connectivity index (χ1v) is 23.3. The minimum Gasteiger partial charge on any atom is -0.481 e. The summed E-state index contributed by atoms with van der Waals surface area (Å²) in [6, 6.07) is 0. The second-order valence-corrected chi connectivity index (χ2v) is 22.8. The molecule has 0 spiro atoms. The summed E-state index contributed by atoms with van der Waals surface area (Å²) < 4.78 is 24.1. The number of piperidine rings is 1. The summed E-state index contributed by atoms with van der Waals surface area (Å²) in [4.78, 5) is 42.6. The van der Waals surface area contributed by atoms with Crippen molar-refractivity contribution in [1.29, 1.82) is 0 Å². The molecule has 0 aromatic heterocycles. The Labute approximate surface area is 325 Å². The Morgan fingerprint density at radius 1 is 0.926 bits per heavy atom. The minimum absolute atomic E-state index is 0.00259. The number of carbonyl (C=O) groups excluding carboxylic acids is 2. The standard InChI is InChI=1S/C45H68N2O6S/c1-28(2)37-34(48)27-45(40(51)46-23-26-47-24-17-31(18-25-47)54(8,52)53)22-21-43(6)33(38(37)45)13-14-36-42(5)19-15-32(29-9-11-30(12-10-29)39(49)50)41(3,4)35(42)16-20-44(36,43)7/h9,15,28,30-31,33,35-36H,10-14,16-27H2,1-8H3,(H,46,51)(H,49,50)/t30?,33-,35+,36-,42+,43-,44-,45-/m1/s1. The Kier molecular flexibility index (Phi) is 10.1. The van der Waals surface area contributed by atoms with Crippen molar-refractivity contribution in [3.05, 3.63) is 34.4 Å². The van der Waals surface area contributed by atoms with Crippen LogP contribution in [0.4, 0.5) is 0 Å². The van der Waals surface area contributed by atoms with Gasteiger partial charge in [0.2, 0.25) is 5.91 Å². The largest absolute Gasteiger partial charge is 0.481 e. The third-order valence-electron chi connectivity index (χ3n) is 17.4. The summed E-state index contributed by atoms with van der Waals surface area (Å²) in [6.45, 7) is 19.5. The van der Waals surface area contributed by atoms with Crippen LogP contribution in [0.2, 0.25) is 0 Å². The number of carboxylic acids is 1. The fourth-order valence-corrected chi connectivity index (χ4v) is 15.5. The van der Waals surface area contributed by atoms with E-state index in [1.807, 2.05) is 0 Å². The van der Waals surface area contributed by atoms with Crippen molar-refractivity contribution in [2.24, 2.45) is 56.7 Å². The lowest BCUT2D eigenvalue weighted by Crippen LogP contribution is -2.64. The van der Waals surface area contributed by atoms with Crippen molar-refractivity contribution in [1.82, 2.24) is 10.2 Å². The van der Waals surface area contributed by atoms with E-state index in [0.717, 1.165) is 70.0 Å². The number of ketones is 1. The number of allylic oxidation sites excluding steroid dienone is 5. The molecule has 0 radical (unpaired) electrons. The molecule has 9 heteroatoms. The molecule has 7 aliphatic rings. The number of amides is 1. The van der Waals surface area contributed by atoms with Gasteiger partial charge in [0.15, 0.2) is 5.78 Å². The number of hydrogen-bond donors (Lipinski definition) is 2. The number of rotatable bonds is 8. The van der Waals surface area contributed by atoms with Gasteiger partial charge < -0.3 is 15.3 Å². The van der Waals surface area contributed by atoms with Gasteiger partial charge in [-0.05, 0) is 158 Å². The molecule has 4 fully saturated rings. The summed E-state index contributed by atoms with van der Waals surface area (Å²) in [5, 5.41) is 12.7. The van der Waals surface area contributed by atoms with Gasteiger partial charge in [0.1, 0.15) is 9.84 Å². The number of carbonyl (C=O) groups is 3. The van der Waals surface area contributed by atoms with Crippen molar-refractivity contribution in [2.75, 3.05) is 32.4 Å². The normalized spacial score (nSPS) is 39.9. The van der Waals surface area contributed by atoms with Crippen LogP contribution in [0.25, 0.3) is 0 Å². The van der Waals surface area contributed by atoms with Crippen LogP contribution in [0.5, 0.6) is 0 Å². The summed E-state index contributed by atoms with van der Waals surface area (Å²) in [5.41, 5.74) is 4.37. The van der Waals surface area contributed by atoms with Crippen molar-refractivity contribution in [3.63, 3.8) is 0 Å². The first-order valence-electron chi connectivity index (χ1n) is 21.3. The van der Waals surface area contributed by atoms with Gasteiger partial charge in [-0.2, -0.15) is 0 Å². The molecule has 7 rings (SSSR count). The van der Waals surface area contributed by atoms with Gasteiger partial charge >= 0.3 is 5.97 Å². The Morgan fingerprint density at radius 3 is 2.24 bits per heavy atom. The molecular weight excluding hydrogens is 697 g/mol. The zero-order chi connectivity index (χ0) is 39.2. The fraction of sp³-hybridized carbons (Fsp3) is 0.800. The van der Waals surface area contributed by atoms with E-state index < -0.39 is 21.2 Å². The van der Waals surface area contributed by atoms with Crippen molar-refractivity contribution < 1.29 is 27.9 Å². The molecular formula is C45H68N2O6S. The van der Waals surface area contributed by atoms with Gasteiger partial charge in [0.25, 0.3) is 0 Å². The monoisotopic (exact) mass is 764 g/mol. The Hall–Kier alpha value is -2.26. The number of likely N-dealkylation sites (tertiary alicyclic amines) is 1. The van der Waals surface area contributed by atoms with E-state index in [1.165, 1.54) is 23.0 Å². The van der Waals surface area contributed by atoms with E-state index in [0.29, 0.717) is 57.0 Å². The molecule has 0 aromatic carbocycles. The van der Waals surface area contributed by atoms with Gasteiger partial charge in [-0.15, -0.1) is 0 Å². The summed E-state index contributed by atoms with van der Waals surface area (Å²) in [5.74, 6) is 0.594. The third-order valence-corrected chi connectivity index (χ3v) is 19.1. The molecule has 2 N–H and O–H groups in total. The maximum atomic E-state index is 14.6. The average Bonchev–Trinajstić information content (AvgIpc) is 3.41. The quantitative estimate of drug-likeness (QED) is 0.258. The molecule has 6 aliphatic carbocycles. The molecule has 1 unspecified atom stereocenters. The molecule has 3 saturated carbocycles. The molecule has 0 bridgehead atoms. The molecule has 8 atom stereocenters. The van der Waals surface area contributed by atoms with Crippen molar-refractivity contribution in [2.45, 2.75) is 137 Å². The van der Waals surface area contributed by atoms with E-state index in [-0.39, 0.29) is 56.4 Å². The molecule has 300 valence electrons. The fourth-order valence-electron chi connectivity index (χ4n) is 14.4. The van der Waals surface area contributed by atoms with Crippen LogP contribution in [0.1, 0.15) is 132 Å². The molecule has 1 amide bonds. The predicted octanol–water partition coefficient (Wildman–Crippen LogP) is 7.94. The predicted molar refractivity (Wildman–Crippen MR) is 213 cm³/mol. The Bertz CT molecular complexity index is 1780. The summed E-state index contributed by atoms with van der Waals surface area (Å²) in [6.07, 6.45) is 17.0. The van der Waals surface area contributed by atoms with Crippen LogP contribution in [0, 0.1) is 56.7 Å². The zero-order valence-corrected chi connectivity index (χ0v) is 35.3. The minimum atomic E-state index is -3.03. The summed E-state index contributed by atoms with van der Waals surface area (Å²) >= 11 is 0. The number of nitrogens with zero attached hydrogens (tertiary/aromatic N) is 1. The maximum absolute atomic E-state index is 14.6. The Morgan fingerprint density at radius 2 is 1.63 bits per heavy atom. The lowest BCUT2D eigenvalue weighted by Gasteiger charge is -2.71. The highest BCUT2D eigenvalue weighted by atomic mass is 32.2. The van der Waals surface area contributed by atoms with E-state index in [1.54, 1.807) is 0 Å². The first-order chi connectivity index (χ1) is 25.2. The molecule has 1 aliphatic heterocycles. The van der Waals surface area contributed by atoms with Crippen LogP contribution in [0.3, 0.4) is 0 Å². The molecule has 8 nitrogen and oxygen atoms in total. The van der Waals surface area contributed by atoms with E-state index in [9.17, 15) is 27.9 Å². The highest BCUT2D eigenvalue weighted by Gasteiger charge is 2.70. The molecule has 54 heavy (non-hydrogen) atoms. The number of Topliss-reactive ketones (excluding diaryl/α,β-unsaturated/α-hetero) is 1. The Balaban J connectivity index is 1.13. The first kappa shape index (κ1) is 40.0. The third kappa shape index (κ3) is 6.05. The summed E-state index contributed by atoms with van der Waals surface area (Å²) in [7, 11) is -3.03. The van der Waals surface area contributed by atoms with E-state index in [4.69, 9.17) is 0 Å². The van der Waals surface area contributed by atoms with Gasteiger partial charge in [-0.25, -0.2) is 8.42 Å². The number of fused-ring (bicyclic) bond motifs is 7. The van der Waals surface area contributed by atoms with Gasteiger partial charge in [-0.1, -0.05) is 60.6 Å². The van der Waals surface area contributed by atoms with E-state index in [2.05, 4.69) is 70.8 Å². The van der Waals surface area contributed by atoms with Crippen LogP contribution >= 0.6 is 0 Å². The number of sulfone groups is 1. The topological polar surface area (TPSA) is 121 Å². The highest BCUT2D eigenvalue weighted by molar-refractivity contribution is 7.91. The maximum Gasteiger partial charge on any atom is 0.306 e. The highest BCUT2D eigenvalue weighted by Crippen LogP contribution is 2.76. The zero-order valence-electron chi connectivity index (χ0n) is 34.5. The number of aliphatic carboxylic acids is 1. The van der Waals surface area contributed by atoms with Crippen LogP contribution in [0.15, 0.2) is 34.4 Å². The second-order valence-electron chi connectivity index (χ2n) is 20.5. The lowest BCUT2D eigenvalue weighted by molar-refractivity contribution is -0.199. The SMILES string of the molecule is CC(C)C1=C2[C@H]3CC[C@@H]4[C@@]5(C)CC=C(C6=CCC(C(=O)O)CC6)C(C)(C)[C@@H]5CC[C@@]4(C)[C@]3(C)CC[C@@]2(C(=O)NCCN2CCC(S(C)(=O)=O)CC2)CC1=O. The number of hydrogen-bond acceptors (Lipinski definition) is 6. The van der Waals surface area contributed by atoms with Crippen LogP contribution in [-0.4, -0.2) is 73.8 Å². The molecule has 1 heterocycles. The van der Waals surface area contributed by atoms with Crippen LogP contribution < -0.4 is 5.32 Å². The van der Waals surface area contributed by atoms with Gasteiger partial charge in [0, 0.05) is 25.8 Å². The van der Waals surface area contributed by atoms with Gasteiger partial charge in [-0.3, -0.25) is 14.4 Å². The average molecular weight is 765 g/mol.